The molecular weight excluding hydrogens is 272 g/mol. The second-order valence-electron chi connectivity index (χ2n) is 5.74. The fourth-order valence-electron chi connectivity index (χ4n) is 2.85. The van der Waals surface area contributed by atoms with Gasteiger partial charge in [0.15, 0.2) is 0 Å². The van der Waals surface area contributed by atoms with Crippen LogP contribution in [0.15, 0.2) is 18.2 Å². The third-order valence-electron chi connectivity index (χ3n) is 3.94. The Morgan fingerprint density at radius 1 is 0.905 bits per heavy atom. The van der Waals surface area contributed by atoms with Crippen molar-refractivity contribution in [1.82, 2.24) is 9.80 Å². The average molecular weight is 297 g/mol. The van der Waals surface area contributed by atoms with Crippen LogP contribution in [-0.2, 0) is 6.54 Å². The highest BCUT2D eigenvalue weighted by atomic mass is 19.1. The van der Waals surface area contributed by atoms with Gasteiger partial charge in [-0.15, -0.1) is 0 Å². The molecule has 1 saturated heterocycles. The van der Waals surface area contributed by atoms with Crippen molar-refractivity contribution in [2.24, 2.45) is 5.73 Å². The van der Waals surface area contributed by atoms with Crippen LogP contribution in [0.2, 0.25) is 0 Å². The summed E-state index contributed by atoms with van der Waals surface area (Å²) in [6.45, 7) is 6.50. The van der Waals surface area contributed by atoms with Crippen molar-refractivity contribution in [3.05, 3.63) is 35.4 Å². The molecule has 0 unspecified atom stereocenters. The first kappa shape index (κ1) is 16.3. The predicted octanol–water partition coefficient (Wildman–Crippen LogP) is 2.21. The molecule has 3 nitrogen and oxygen atoms in total. The van der Waals surface area contributed by atoms with E-state index in [9.17, 15) is 8.78 Å². The summed E-state index contributed by atoms with van der Waals surface area (Å²) in [7, 11) is 0. The summed E-state index contributed by atoms with van der Waals surface area (Å²) in [4.78, 5) is 4.74. The van der Waals surface area contributed by atoms with Crippen molar-refractivity contribution >= 4 is 0 Å². The van der Waals surface area contributed by atoms with Crippen LogP contribution >= 0.6 is 0 Å². The number of hydrogen-bond donors (Lipinski definition) is 1. The van der Waals surface area contributed by atoms with Crippen LogP contribution < -0.4 is 5.73 Å². The van der Waals surface area contributed by atoms with Crippen molar-refractivity contribution < 1.29 is 8.78 Å². The van der Waals surface area contributed by atoms with Gasteiger partial charge in [0, 0.05) is 25.7 Å². The largest absolute Gasteiger partial charge is 0.330 e. The van der Waals surface area contributed by atoms with Gasteiger partial charge in [-0.2, -0.15) is 0 Å². The first-order chi connectivity index (χ1) is 10.2. The molecule has 1 aromatic rings. The van der Waals surface area contributed by atoms with E-state index in [1.807, 2.05) is 0 Å². The zero-order chi connectivity index (χ0) is 15.1. The fourth-order valence-corrected chi connectivity index (χ4v) is 2.85. The third kappa shape index (κ3) is 5.69. The Morgan fingerprint density at radius 3 is 2.29 bits per heavy atom. The van der Waals surface area contributed by atoms with Gasteiger partial charge in [-0.05, 0) is 63.1 Å². The summed E-state index contributed by atoms with van der Waals surface area (Å²) < 4.78 is 26.4. The normalized spacial score (nSPS) is 17.9. The Balaban J connectivity index is 1.82. The molecule has 0 spiro atoms. The van der Waals surface area contributed by atoms with Crippen LogP contribution in [0.4, 0.5) is 8.78 Å². The number of nitrogens with zero attached hydrogens (tertiary/aromatic N) is 2. The van der Waals surface area contributed by atoms with Crippen LogP contribution in [-0.4, -0.2) is 49.1 Å². The second kappa shape index (κ2) is 8.41. The first-order valence-electron chi connectivity index (χ1n) is 7.77. The minimum Gasteiger partial charge on any atom is -0.330 e. The molecule has 1 aliphatic rings. The van der Waals surface area contributed by atoms with Crippen LogP contribution in [0.25, 0.3) is 0 Å². The summed E-state index contributed by atoms with van der Waals surface area (Å²) in [5, 5.41) is 0. The predicted molar refractivity (Wildman–Crippen MR) is 81.0 cm³/mol. The molecule has 21 heavy (non-hydrogen) atoms. The van der Waals surface area contributed by atoms with E-state index in [1.165, 1.54) is 12.1 Å². The minimum atomic E-state index is -0.497. The minimum absolute atomic E-state index is 0.497. The van der Waals surface area contributed by atoms with E-state index in [1.54, 1.807) is 0 Å². The maximum atomic E-state index is 13.2. The maximum Gasteiger partial charge on any atom is 0.126 e. The molecular formula is C16H25F2N3. The summed E-state index contributed by atoms with van der Waals surface area (Å²) in [6.07, 6.45) is 3.31. The van der Waals surface area contributed by atoms with Gasteiger partial charge in [0.1, 0.15) is 11.6 Å². The lowest BCUT2D eigenvalue weighted by molar-refractivity contribution is 0.249. The summed E-state index contributed by atoms with van der Waals surface area (Å²) in [6, 6.07) is 3.77. The molecule has 118 valence electrons. The summed E-state index contributed by atoms with van der Waals surface area (Å²) in [5.74, 6) is -0.994. The van der Waals surface area contributed by atoms with Crippen LogP contribution in [0, 0.1) is 11.6 Å². The molecule has 1 fully saturated rings. The van der Waals surface area contributed by atoms with Crippen molar-refractivity contribution in [2.75, 3.05) is 39.3 Å². The highest BCUT2D eigenvalue weighted by Gasteiger charge is 2.15. The van der Waals surface area contributed by atoms with Crippen LogP contribution in [0.5, 0.6) is 0 Å². The Hall–Kier alpha value is -1.04. The van der Waals surface area contributed by atoms with Crippen molar-refractivity contribution in [2.45, 2.75) is 25.8 Å². The molecule has 0 saturated carbocycles. The zero-order valence-corrected chi connectivity index (χ0v) is 12.5. The van der Waals surface area contributed by atoms with E-state index < -0.39 is 11.6 Å². The average Bonchev–Trinajstić information content (AvgIpc) is 2.64. The highest BCUT2D eigenvalue weighted by molar-refractivity contribution is 5.17. The standard InChI is InChI=1S/C16H25F2N3/c17-15-10-14(11-16(18)12-15)13-21-7-3-6-20(8-9-21)5-2-1-4-19/h10-12H,1-9,13,19H2. The molecule has 0 radical (unpaired) electrons. The molecule has 0 atom stereocenters. The van der Waals surface area contributed by atoms with Crippen LogP contribution in [0.3, 0.4) is 0 Å². The molecule has 0 aromatic heterocycles. The smallest absolute Gasteiger partial charge is 0.126 e. The maximum absolute atomic E-state index is 13.2. The van der Waals surface area contributed by atoms with Gasteiger partial charge in [-0.3, -0.25) is 4.90 Å². The van der Waals surface area contributed by atoms with Crippen LogP contribution in [0.1, 0.15) is 24.8 Å². The topological polar surface area (TPSA) is 32.5 Å². The number of hydrogen-bond acceptors (Lipinski definition) is 3. The Morgan fingerprint density at radius 2 is 1.57 bits per heavy atom. The van der Waals surface area contributed by atoms with Gasteiger partial charge in [0.05, 0.1) is 0 Å². The van der Waals surface area contributed by atoms with Gasteiger partial charge in [0.2, 0.25) is 0 Å². The number of benzene rings is 1. The van der Waals surface area contributed by atoms with Crippen molar-refractivity contribution in [3.8, 4) is 0 Å². The second-order valence-corrected chi connectivity index (χ2v) is 5.74. The number of rotatable bonds is 6. The highest BCUT2D eigenvalue weighted by Crippen LogP contribution is 2.13. The third-order valence-corrected chi connectivity index (χ3v) is 3.94. The van der Waals surface area contributed by atoms with Gasteiger partial charge >= 0.3 is 0 Å². The van der Waals surface area contributed by atoms with Gasteiger partial charge < -0.3 is 10.6 Å². The molecule has 1 aromatic carbocycles. The van der Waals surface area contributed by atoms with Gasteiger partial charge in [-0.1, -0.05) is 0 Å². The SMILES string of the molecule is NCCCCN1CCCN(Cc2cc(F)cc(F)c2)CC1. The van der Waals surface area contributed by atoms with Crippen molar-refractivity contribution in [1.29, 1.82) is 0 Å². The van der Waals surface area contributed by atoms with E-state index in [-0.39, 0.29) is 0 Å². The van der Waals surface area contributed by atoms with Gasteiger partial charge in [0.25, 0.3) is 0 Å². The van der Waals surface area contributed by atoms with E-state index in [2.05, 4.69) is 9.80 Å². The molecule has 2 N–H and O–H groups in total. The lowest BCUT2D eigenvalue weighted by atomic mass is 10.2. The zero-order valence-electron chi connectivity index (χ0n) is 12.5. The van der Waals surface area contributed by atoms with E-state index in [4.69, 9.17) is 5.73 Å². The summed E-state index contributed by atoms with van der Waals surface area (Å²) in [5.41, 5.74) is 6.23. The lowest BCUT2D eigenvalue weighted by Gasteiger charge is -2.21. The van der Waals surface area contributed by atoms with Gasteiger partial charge in [-0.25, -0.2) is 8.78 Å². The quantitative estimate of drug-likeness (QED) is 0.817. The molecule has 0 bridgehead atoms. The lowest BCUT2D eigenvalue weighted by Crippen LogP contribution is -2.31. The Kier molecular flexibility index (Phi) is 6.54. The molecule has 1 aliphatic heterocycles. The Bertz CT molecular complexity index is 419. The fraction of sp³-hybridized carbons (Fsp3) is 0.625. The van der Waals surface area contributed by atoms with E-state index >= 15 is 0 Å². The molecule has 2 rings (SSSR count). The van der Waals surface area contributed by atoms with E-state index in [0.717, 1.165) is 64.6 Å². The molecule has 1 heterocycles. The van der Waals surface area contributed by atoms with E-state index in [0.29, 0.717) is 12.1 Å². The molecule has 0 amide bonds. The number of halogens is 2. The Labute approximate surface area is 125 Å². The number of unbranched alkanes of at least 4 members (excludes halogenated alkanes) is 1. The molecule has 0 aliphatic carbocycles. The summed E-state index contributed by atoms with van der Waals surface area (Å²) >= 11 is 0. The van der Waals surface area contributed by atoms with Crippen molar-refractivity contribution in [3.63, 3.8) is 0 Å². The first-order valence-corrected chi connectivity index (χ1v) is 7.77. The monoisotopic (exact) mass is 297 g/mol. The molecule has 5 heteroatoms. The number of nitrogens with two attached hydrogens (primary N) is 1.